The van der Waals surface area contributed by atoms with Gasteiger partial charge in [0.2, 0.25) is 0 Å². The highest BCUT2D eigenvalue weighted by Crippen LogP contribution is 2.42. The van der Waals surface area contributed by atoms with Gasteiger partial charge in [0.25, 0.3) is 0 Å². The predicted octanol–water partition coefficient (Wildman–Crippen LogP) is 14.2. The minimum absolute atomic E-state index is 0.0552. The second-order valence-corrected chi connectivity index (χ2v) is 34.0. The molecule has 4 rings (SSSR count). The summed E-state index contributed by atoms with van der Waals surface area (Å²) in [5.41, 5.74) is 3.05. The molecule has 6 atom stereocenters. The standard InChI is InChI=1S/2C26H42ClN3O3Si/c2*1-17-20(14-13-19(16-28)22(17)27)29-18(2)23-21(33-34(9,10)26(6,7)8)12-11-15-30(23)24(31)32-25(3,4)5/h2*13-14,18,21,23,29H,11-12,15H2,1-10H3/t18-,21+,23+;18-,21-,23-/m01/s1. The molecule has 2 heterocycles. The van der Waals surface area contributed by atoms with Crippen LogP contribution in [0.2, 0.25) is 46.3 Å². The van der Waals surface area contributed by atoms with Crippen molar-refractivity contribution in [2.45, 2.75) is 220 Å². The van der Waals surface area contributed by atoms with Crippen LogP contribution in [0.3, 0.4) is 0 Å². The Hall–Kier alpha value is -3.51. The van der Waals surface area contributed by atoms with E-state index < -0.39 is 27.8 Å². The second-order valence-electron chi connectivity index (χ2n) is 23.7. The van der Waals surface area contributed by atoms with E-state index in [1.165, 1.54) is 0 Å². The molecule has 68 heavy (non-hydrogen) atoms. The Morgan fingerprint density at radius 3 is 1.21 bits per heavy atom. The topological polar surface area (TPSA) is 149 Å². The first-order valence-electron chi connectivity index (χ1n) is 24.2. The summed E-state index contributed by atoms with van der Waals surface area (Å²) in [5, 5.41) is 26.7. The number of piperidine rings is 2. The molecule has 0 saturated carbocycles. The highest BCUT2D eigenvalue weighted by molar-refractivity contribution is 6.74. The molecule has 0 bridgehead atoms. The fourth-order valence-electron chi connectivity index (χ4n) is 8.10. The van der Waals surface area contributed by atoms with Gasteiger partial charge in [0.05, 0.1) is 45.5 Å². The van der Waals surface area contributed by atoms with Crippen molar-refractivity contribution in [2.75, 3.05) is 23.7 Å². The van der Waals surface area contributed by atoms with Crippen molar-refractivity contribution in [1.82, 2.24) is 9.80 Å². The Morgan fingerprint density at radius 2 is 0.941 bits per heavy atom. The van der Waals surface area contributed by atoms with Crippen molar-refractivity contribution in [3.05, 3.63) is 56.6 Å². The van der Waals surface area contributed by atoms with Crippen molar-refractivity contribution in [3.63, 3.8) is 0 Å². The number of halogens is 2. The van der Waals surface area contributed by atoms with Gasteiger partial charge < -0.3 is 38.8 Å². The van der Waals surface area contributed by atoms with E-state index in [1.807, 2.05) is 77.3 Å². The number of benzene rings is 2. The van der Waals surface area contributed by atoms with Gasteiger partial charge in [-0.05, 0) is 167 Å². The molecule has 0 radical (unpaired) electrons. The fourth-order valence-corrected chi connectivity index (χ4v) is 11.3. The van der Waals surface area contributed by atoms with E-state index in [9.17, 15) is 20.1 Å². The van der Waals surface area contributed by atoms with E-state index in [4.69, 9.17) is 41.5 Å². The van der Waals surface area contributed by atoms with E-state index in [2.05, 4.69) is 104 Å². The molecule has 2 aliphatic heterocycles. The molecule has 2 aromatic carbocycles. The lowest BCUT2D eigenvalue weighted by Gasteiger charge is -2.48. The molecule has 2 amide bonds. The van der Waals surface area contributed by atoms with E-state index in [0.29, 0.717) is 34.3 Å². The molecule has 380 valence electrons. The van der Waals surface area contributed by atoms with Crippen LogP contribution in [0, 0.1) is 36.5 Å². The van der Waals surface area contributed by atoms with Crippen molar-refractivity contribution in [3.8, 4) is 12.1 Å². The van der Waals surface area contributed by atoms with Crippen LogP contribution in [0.4, 0.5) is 21.0 Å². The summed E-state index contributed by atoms with van der Waals surface area (Å²) in [4.78, 5) is 30.2. The first kappa shape index (κ1) is 58.8. The Kier molecular flexibility index (Phi) is 19.6. The number of amides is 2. The number of nitrogens with one attached hydrogen (secondary N) is 2. The third-order valence-electron chi connectivity index (χ3n) is 13.8. The second kappa shape index (κ2) is 22.7. The van der Waals surface area contributed by atoms with Crippen LogP contribution >= 0.6 is 23.2 Å². The van der Waals surface area contributed by atoms with E-state index >= 15 is 0 Å². The molecule has 2 N–H and O–H groups in total. The summed E-state index contributed by atoms with van der Waals surface area (Å²) in [6, 6.07) is 10.7. The number of likely N-dealkylation sites (tertiary alicyclic amines) is 2. The summed E-state index contributed by atoms with van der Waals surface area (Å²) >= 11 is 12.8. The maximum absolute atomic E-state index is 13.3. The molecular formula is C52H84Cl2N6O6Si2. The Morgan fingerprint density at radius 1 is 0.632 bits per heavy atom. The lowest BCUT2D eigenvalue weighted by Crippen LogP contribution is -2.61. The third-order valence-corrected chi connectivity index (χ3v) is 23.8. The van der Waals surface area contributed by atoms with Gasteiger partial charge >= 0.3 is 12.2 Å². The van der Waals surface area contributed by atoms with Crippen molar-refractivity contribution in [1.29, 1.82) is 10.5 Å². The number of anilines is 2. The smallest absolute Gasteiger partial charge is 0.410 e. The van der Waals surface area contributed by atoms with Gasteiger partial charge in [0.1, 0.15) is 23.3 Å². The third kappa shape index (κ3) is 15.2. The molecular weight excluding hydrogens is 932 g/mol. The van der Waals surface area contributed by atoms with Crippen LogP contribution in [0.25, 0.3) is 0 Å². The van der Waals surface area contributed by atoms with Crippen molar-refractivity contribution >= 4 is 63.4 Å². The summed E-state index contributed by atoms with van der Waals surface area (Å²) in [5.74, 6) is 0. The zero-order valence-electron chi connectivity index (χ0n) is 45.0. The van der Waals surface area contributed by atoms with E-state index in [1.54, 1.807) is 12.1 Å². The average Bonchev–Trinajstić information content (AvgIpc) is 3.19. The lowest BCUT2D eigenvalue weighted by atomic mass is 9.93. The monoisotopic (exact) mass is 1010 g/mol. The molecule has 12 nitrogen and oxygen atoms in total. The van der Waals surface area contributed by atoms with Gasteiger partial charge in [-0.25, -0.2) is 9.59 Å². The number of ether oxygens (including phenoxy) is 2. The molecule has 2 aliphatic rings. The van der Waals surface area contributed by atoms with Gasteiger partial charge in [0.15, 0.2) is 16.6 Å². The van der Waals surface area contributed by atoms with E-state index in [0.717, 1.165) is 48.2 Å². The van der Waals surface area contributed by atoms with Crippen LogP contribution in [0.1, 0.15) is 145 Å². The van der Waals surface area contributed by atoms with Gasteiger partial charge in [0, 0.05) is 36.5 Å². The maximum atomic E-state index is 13.3. The molecule has 16 heteroatoms. The summed E-state index contributed by atoms with van der Waals surface area (Å²) in [7, 11) is -4.16. The Labute approximate surface area is 422 Å². The van der Waals surface area contributed by atoms with Gasteiger partial charge in [-0.1, -0.05) is 64.7 Å². The summed E-state index contributed by atoms with van der Waals surface area (Å²) < 4.78 is 25.4. The van der Waals surface area contributed by atoms with E-state index in [-0.39, 0.29) is 58.6 Å². The highest BCUT2D eigenvalue weighted by Gasteiger charge is 2.48. The maximum Gasteiger partial charge on any atom is 0.410 e. The number of nitrogens with zero attached hydrogens (tertiary/aromatic N) is 4. The van der Waals surface area contributed by atoms with Crippen LogP contribution in [-0.2, 0) is 18.3 Å². The number of rotatable bonds is 10. The van der Waals surface area contributed by atoms with Crippen LogP contribution in [0.15, 0.2) is 24.3 Å². The Bertz CT molecular complexity index is 2010. The highest BCUT2D eigenvalue weighted by atomic mass is 35.5. The van der Waals surface area contributed by atoms with Gasteiger partial charge in [-0.3, -0.25) is 0 Å². The molecule has 0 spiro atoms. The van der Waals surface area contributed by atoms with Crippen LogP contribution < -0.4 is 10.6 Å². The number of nitriles is 2. The summed E-state index contributed by atoms with van der Waals surface area (Å²) in [6.45, 7) is 42.9. The molecule has 0 unspecified atom stereocenters. The average molecular weight is 1020 g/mol. The predicted molar refractivity (Wildman–Crippen MR) is 284 cm³/mol. The SMILES string of the molecule is Cc1c(N[C@@H](C)[C@@H]2[C@H](O[Si](C)(C)C(C)(C)C)CCCN2C(=O)OC(C)(C)C)ccc(C#N)c1Cl.Cc1c(N[C@H](C)[C@@H]2[C@H](O[Si](C)(C)C(C)(C)C)CCCN2C(=O)OC(C)(C)C)ccc(C#N)c1Cl. The molecule has 2 fully saturated rings. The van der Waals surface area contributed by atoms with Crippen molar-refractivity contribution < 1.29 is 27.9 Å². The van der Waals surface area contributed by atoms with Gasteiger partial charge in [-0.2, -0.15) is 10.5 Å². The number of hydrogen-bond acceptors (Lipinski definition) is 10. The number of hydrogen-bond donors (Lipinski definition) is 2. The van der Waals surface area contributed by atoms with Gasteiger partial charge in [-0.15, -0.1) is 0 Å². The quantitative estimate of drug-likeness (QED) is 0.220. The first-order valence-corrected chi connectivity index (χ1v) is 30.8. The fraction of sp³-hybridized carbons (Fsp3) is 0.692. The van der Waals surface area contributed by atoms with Crippen LogP contribution in [0.5, 0.6) is 0 Å². The van der Waals surface area contributed by atoms with Crippen molar-refractivity contribution in [2.24, 2.45) is 0 Å². The minimum Gasteiger partial charge on any atom is -0.444 e. The Balaban J connectivity index is 0.000000360. The molecule has 2 saturated heterocycles. The zero-order chi connectivity index (χ0) is 52.1. The zero-order valence-corrected chi connectivity index (χ0v) is 48.5. The van der Waals surface area contributed by atoms with Crippen LogP contribution in [-0.4, -0.2) is 99.3 Å². The largest absolute Gasteiger partial charge is 0.444 e. The molecule has 0 aliphatic carbocycles. The molecule has 2 aromatic rings. The minimum atomic E-state index is -2.08. The normalized spacial score (nSPS) is 20.5. The molecule has 0 aromatic heterocycles. The number of carbonyl (C=O) groups is 2. The lowest BCUT2D eigenvalue weighted by molar-refractivity contribution is -0.0230. The number of carbonyl (C=O) groups excluding carboxylic acids is 2. The first-order chi connectivity index (χ1) is 31.0. The summed E-state index contributed by atoms with van der Waals surface area (Å²) in [6.07, 6.45) is 2.64.